The van der Waals surface area contributed by atoms with Crippen LogP contribution in [0.25, 0.3) is 0 Å². The second kappa shape index (κ2) is 6.08. The summed E-state index contributed by atoms with van der Waals surface area (Å²) < 4.78 is 4.69. The fourth-order valence-electron chi connectivity index (χ4n) is 1.97. The van der Waals surface area contributed by atoms with Crippen molar-refractivity contribution in [3.63, 3.8) is 0 Å². The van der Waals surface area contributed by atoms with Crippen molar-refractivity contribution in [1.29, 1.82) is 0 Å². The third-order valence-electron chi connectivity index (χ3n) is 2.99. The standard InChI is InChI=1S/C11H21NO3/c1-3-4-6-12-7-5-10(13)9(8-12)11(14)15-2/h9-10,13H,3-8H2,1-2H3. The molecule has 1 N–H and O–H groups in total. The van der Waals surface area contributed by atoms with Crippen LogP contribution in [0.3, 0.4) is 0 Å². The Bertz CT molecular complexity index is 206. The highest BCUT2D eigenvalue weighted by Gasteiger charge is 2.33. The fraction of sp³-hybridized carbons (Fsp3) is 0.909. The van der Waals surface area contributed by atoms with E-state index < -0.39 is 6.10 Å². The second-order valence-electron chi connectivity index (χ2n) is 4.14. The zero-order valence-electron chi connectivity index (χ0n) is 9.61. The molecule has 0 amide bonds. The second-order valence-corrected chi connectivity index (χ2v) is 4.14. The van der Waals surface area contributed by atoms with E-state index in [4.69, 9.17) is 0 Å². The van der Waals surface area contributed by atoms with E-state index >= 15 is 0 Å². The molecule has 1 aliphatic rings. The summed E-state index contributed by atoms with van der Waals surface area (Å²) >= 11 is 0. The monoisotopic (exact) mass is 215 g/mol. The van der Waals surface area contributed by atoms with Crippen molar-refractivity contribution in [2.24, 2.45) is 5.92 Å². The van der Waals surface area contributed by atoms with Crippen LogP contribution in [0.2, 0.25) is 0 Å². The van der Waals surface area contributed by atoms with Crippen molar-refractivity contribution in [2.75, 3.05) is 26.7 Å². The molecule has 1 rings (SSSR count). The van der Waals surface area contributed by atoms with Crippen LogP contribution in [-0.2, 0) is 9.53 Å². The maximum absolute atomic E-state index is 11.4. The first-order valence-corrected chi connectivity index (χ1v) is 5.67. The van der Waals surface area contributed by atoms with E-state index in [1.54, 1.807) is 0 Å². The minimum absolute atomic E-state index is 0.288. The molecule has 4 heteroatoms. The van der Waals surface area contributed by atoms with Gasteiger partial charge in [-0.15, -0.1) is 0 Å². The molecule has 0 aromatic carbocycles. The molecule has 0 bridgehead atoms. The maximum Gasteiger partial charge on any atom is 0.312 e. The Balaban J connectivity index is 2.44. The molecule has 2 unspecified atom stereocenters. The Hall–Kier alpha value is -0.610. The van der Waals surface area contributed by atoms with Crippen molar-refractivity contribution < 1.29 is 14.6 Å². The van der Waals surface area contributed by atoms with Crippen LogP contribution in [0.1, 0.15) is 26.2 Å². The molecule has 2 atom stereocenters. The van der Waals surface area contributed by atoms with Crippen LogP contribution < -0.4 is 0 Å². The molecule has 0 radical (unpaired) electrons. The number of hydrogen-bond acceptors (Lipinski definition) is 4. The number of aliphatic hydroxyl groups excluding tert-OH is 1. The molecule has 1 saturated heterocycles. The first-order chi connectivity index (χ1) is 7.19. The van der Waals surface area contributed by atoms with Crippen molar-refractivity contribution in [3.05, 3.63) is 0 Å². The van der Waals surface area contributed by atoms with Gasteiger partial charge in [-0.05, 0) is 19.4 Å². The quantitative estimate of drug-likeness (QED) is 0.699. The van der Waals surface area contributed by atoms with Crippen molar-refractivity contribution >= 4 is 5.97 Å². The summed E-state index contributed by atoms with van der Waals surface area (Å²) in [6.07, 6.45) is 2.44. The minimum atomic E-state index is -0.532. The largest absolute Gasteiger partial charge is 0.469 e. The summed E-state index contributed by atoms with van der Waals surface area (Å²) in [5, 5.41) is 9.69. The third-order valence-corrected chi connectivity index (χ3v) is 2.99. The van der Waals surface area contributed by atoms with Gasteiger partial charge < -0.3 is 14.7 Å². The van der Waals surface area contributed by atoms with Gasteiger partial charge in [-0.2, -0.15) is 0 Å². The molecular formula is C11H21NO3. The van der Waals surface area contributed by atoms with Crippen LogP contribution in [0.15, 0.2) is 0 Å². The number of piperidine rings is 1. The third kappa shape index (κ3) is 3.47. The number of hydrogen-bond donors (Lipinski definition) is 1. The number of esters is 1. The SMILES string of the molecule is CCCCN1CCC(O)C(C(=O)OC)C1. The average molecular weight is 215 g/mol. The smallest absolute Gasteiger partial charge is 0.312 e. The lowest BCUT2D eigenvalue weighted by Gasteiger charge is -2.34. The molecule has 1 fully saturated rings. The number of unbranched alkanes of at least 4 members (excludes halogenated alkanes) is 1. The highest BCUT2D eigenvalue weighted by molar-refractivity contribution is 5.73. The summed E-state index contributed by atoms with van der Waals surface area (Å²) in [7, 11) is 1.38. The van der Waals surface area contributed by atoms with Gasteiger partial charge in [-0.25, -0.2) is 0 Å². The number of likely N-dealkylation sites (tertiary alicyclic amines) is 1. The average Bonchev–Trinajstić information content (AvgIpc) is 2.27. The van der Waals surface area contributed by atoms with Gasteiger partial charge in [0.2, 0.25) is 0 Å². The van der Waals surface area contributed by atoms with Crippen LogP contribution in [0.4, 0.5) is 0 Å². The molecule has 15 heavy (non-hydrogen) atoms. The van der Waals surface area contributed by atoms with Gasteiger partial charge in [0, 0.05) is 13.1 Å². The van der Waals surface area contributed by atoms with E-state index in [2.05, 4.69) is 16.6 Å². The number of aliphatic hydroxyl groups is 1. The number of carbonyl (C=O) groups excluding carboxylic acids is 1. The Labute approximate surface area is 91.2 Å². The maximum atomic E-state index is 11.4. The van der Waals surface area contributed by atoms with E-state index in [-0.39, 0.29) is 11.9 Å². The van der Waals surface area contributed by atoms with Gasteiger partial charge in [0.25, 0.3) is 0 Å². The fourth-order valence-corrected chi connectivity index (χ4v) is 1.97. The predicted molar refractivity (Wildman–Crippen MR) is 57.5 cm³/mol. The summed E-state index contributed by atoms with van der Waals surface area (Å²) in [6, 6.07) is 0. The normalized spacial score (nSPS) is 27.7. The Kier molecular flexibility index (Phi) is 5.05. The van der Waals surface area contributed by atoms with Gasteiger partial charge in [-0.3, -0.25) is 4.79 Å². The number of carbonyl (C=O) groups is 1. The first-order valence-electron chi connectivity index (χ1n) is 5.67. The van der Waals surface area contributed by atoms with Gasteiger partial charge in [-0.1, -0.05) is 13.3 Å². The molecule has 0 aromatic rings. The number of rotatable bonds is 4. The lowest BCUT2D eigenvalue weighted by Crippen LogP contribution is -2.47. The van der Waals surface area contributed by atoms with E-state index in [1.165, 1.54) is 7.11 Å². The van der Waals surface area contributed by atoms with E-state index in [1.807, 2.05) is 0 Å². The van der Waals surface area contributed by atoms with E-state index in [0.29, 0.717) is 13.0 Å². The van der Waals surface area contributed by atoms with Crippen LogP contribution in [0, 0.1) is 5.92 Å². The summed E-state index contributed by atoms with van der Waals surface area (Å²) in [5.41, 5.74) is 0. The molecule has 0 spiro atoms. The number of methoxy groups -OCH3 is 1. The summed E-state index contributed by atoms with van der Waals surface area (Å²) in [6.45, 7) is 4.68. The Morgan fingerprint density at radius 3 is 2.93 bits per heavy atom. The highest BCUT2D eigenvalue weighted by Crippen LogP contribution is 2.18. The van der Waals surface area contributed by atoms with Crippen molar-refractivity contribution in [1.82, 2.24) is 4.90 Å². The molecule has 0 saturated carbocycles. The van der Waals surface area contributed by atoms with Gasteiger partial charge in [0.15, 0.2) is 0 Å². The summed E-state index contributed by atoms with van der Waals surface area (Å²) in [5.74, 6) is -0.649. The van der Waals surface area contributed by atoms with Crippen molar-refractivity contribution in [3.8, 4) is 0 Å². The van der Waals surface area contributed by atoms with Crippen LogP contribution in [0.5, 0.6) is 0 Å². The Morgan fingerprint density at radius 1 is 1.60 bits per heavy atom. The van der Waals surface area contributed by atoms with Crippen LogP contribution >= 0.6 is 0 Å². The summed E-state index contributed by atoms with van der Waals surface area (Å²) in [4.78, 5) is 13.6. The van der Waals surface area contributed by atoms with Gasteiger partial charge >= 0.3 is 5.97 Å². The molecule has 0 aromatic heterocycles. The lowest BCUT2D eigenvalue weighted by atomic mass is 9.94. The molecular weight excluding hydrogens is 194 g/mol. The van der Waals surface area contributed by atoms with Crippen molar-refractivity contribution in [2.45, 2.75) is 32.3 Å². The van der Waals surface area contributed by atoms with E-state index in [0.717, 1.165) is 25.9 Å². The van der Waals surface area contributed by atoms with Gasteiger partial charge in [0.05, 0.1) is 19.1 Å². The highest BCUT2D eigenvalue weighted by atomic mass is 16.5. The molecule has 1 heterocycles. The predicted octanol–water partition coefficient (Wildman–Crippen LogP) is 0.642. The molecule has 4 nitrogen and oxygen atoms in total. The zero-order valence-corrected chi connectivity index (χ0v) is 9.61. The molecule has 1 aliphatic heterocycles. The topological polar surface area (TPSA) is 49.8 Å². The molecule has 0 aliphatic carbocycles. The lowest BCUT2D eigenvalue weighted by molar-refractivity contribution is -0.152. The van der Waals surface area contributed by atoms with Crippen LogP contribution in [-0.4, -0.2) is 48.8 Å². The zero-order chi connectivity index (χ0) is 11.3. The van der Waals surface area contributed by atoms with Gasteiger partial charge in [0.1, 0.15) is 0 Å². The number of nitrogens with zero attached hydrogens (tertiary/aromatic N) is 1. The minimum Gasteiger partial charge on any atom is -0.469 e. The Morgan fingerprint density at radius 2 is 2.33 bits per heavy atom. The number of ether oxygens (including phenoxy) is 1. The molecule has 88 valence electrons. The van der Waals surface area contributed by atoms with E-state index in [9.17, 15) is 9.90 Å². The first kappa shape index (κ1) is 12.5.